The van der Waals surface area contributed by atoms with Gasteiger partial charge in [0.2, 0.25) is 5.88 Å². The molecule has 0 bridgehead atoms. The summed E-state index contributed by atoms with van der Waals surface area (Å²) in [7, 11) is 0. The first-order chi connectivity index (χ1) is 11.9. The Morgan fingerprint density at radius 3 is 2.50 bits per heavy atom. The predicted octanol–water partition coefficient (Wildman–Crippen LogP) is 3.71. The lowest BCUT2D eigenvalue weighted by Crippen LogP contribution is -2.32. The molecule has 1 atom stereocenters. The molecule has 0 aromatic carbocycles. The Morgan fingerprint density at radius 2 is 1.92 bits per heavy atom. The lowest BCUT2D eigenvalue weighted by atomic mass is 10.2. The standard InChI is InChI=1S/C14H12F6N4O2/c1-6-9(10(24-23-6)14(18,19)20)22-11(25)8-4-3-5-21-12(8)26-7(2)13(15,16)17/h3-5,7H,1-2H3,(H,22,25)(H,23,24). The van der Waals surface area contributed by atoms with Gasteiger partial charge in [0.1, 0.15) is 5.56 Å². The molecule has 0 spiro atoms. The van der Waals surface area contributed by atoms with E-state index in [4.69, 9.17) is 0 Å². The second-order valence-electron chi connectivity index (χ2n) is 5.18. The van der Waals surface area contributed by atoms with Crippen LogP contribution in [0.3, 0.4) is 0 Å². The molecule has 0 aliphatic rings. The Labute approximate surface area is 142 Å². The maximum atomic E-state index is 12.9. The van der Waals surface area contributed by atoms with Gasteiger partial charge in [-0.2, -0.15) is 31.4 Å². The molecular formula is C14H12F6N4O2. The lowest BCUT2D eigenvalue weighted by Gasteiger charge is -2.18. The summed E-state index contributed by atoms with van der Waals surface area (Å²) in [5.41, 5.74) is -2.54. The van der Waals surface area contributed by atoms with Gasteiger partial charge in [-0.1, -0.05) is 0 Å². The molecule has 2 aromatic rings. The zero-order valence-electron chi connectivity index (χ0n) is 13.3. The molecule has 2 N–H and O–H groups in total. The fraction of sp³-hybridized carbons (Fsp3) is 0.357. The van der Waals surface area contributed by atoms with E-state index < -0.39 is 47.2 Å². The summed E-state index contributed by atoms with van der Waals surface area (Å²) in [6.45, 7) is 1.95. The smallest absolute Gasteiger partial charge is 0.437 e. The van der Waals surface area contributed by atoms with Crippen molar-refractivity contribution in [1.29, 1.82) is 0 Å². The number of H-pyrrole nitrogens is 1. The number of rotatable bonds is 4. The minimum atomic E-state index is -4.84. The number of ether oxygens (including phenoxy) is 1. The average Bonchev–Trinajstić information content (AvgIpc) is 2.88. The topological polar surface area (TPSA) is 79.9 Å². The number of hydrogen-bond donors (Lipinski definition) is 2. The molecule has 2 heterocycles. The number of hydrogen-bond acceptors (Lipinski definition) is 4. The van der Waals surface area contributed by atoms with Crippen molar-refractivity contribution in [1.82, 2.24) is 15.2 Å². The number of aryl methyl sites for hydroxylation is 1. The molecule has 1 amide bonds. The van der Waals surface area contributed by atoms with Gasteiger partial charge in [-0.05, 0) is 26.0 Å². The Hall–Kier alpha value is -2.79. The summed E-state index contributed by atoms with van der Waals surface area (Å²) in [5, 5.41) is 7.14. The summed E-state index contributed by atoms with van der Waals surface area (Å²) in [6.07, 6.45) is -10.7. The molecule has 26 heavy (non-hydrogen) atoms. The highest BCUT2D eigenvalue weighted by Gasteiger charge is 2.40. The van der Waals surface area contributed by atoms with Crippen molar-refractivity contribution < 1.29 is 35.9 Å². The third kappa shape index (κ3) is 4.24. The first-order valence-corrected chi connectivity index (χ1v) is 7.03. The Bertz CT molecular complexity index is 799. The maximum Gasteiger partial charge on any atom is 0.437 e. The van der Waals surface area contributed by atoms with Gasteiger partial charge >= 0.3 is 12.4 Å². The second kappa shape index (κ2) is 6.84. The predicted molar refractivity (Wildman–Crippen MR) is 76.7 cm³/mol. The molecule has 0 fully saturated rings. The summed E-state index contributed by atoms with van der Waals surface area (Å²) >= 11 is 0. The first-order valence-electron chi connectivity index (χ1n) is 7.03. The fourth-order valence-corrected chi connectivity index (χ4v) is 1.86. The SMILES string of the molecule is Cc1[nH]nc(C(F)(F)F)c1NC(=O)c1cccnc1OC(C)C(F)(F)F. The van der Waals surface area contributed by atoms with Crippen LogP contribution in [0.5, 0.6) is 5.88 Å². The van der Waals surface area contributed by atoms with Crippen molar-refractivity contribution in [2.75, 3.05) is 5.32 Å². The molecule has 0 radical (unpaired) electrons. The van der Waals surface area contributed by atoms with Crippen LogP contribution in [0.2, 0.25) is 0 Å². The van der Waals surface area contributed by atoms with Crippen LogP contribution in [0.4, 0.5) is 32.0 Å². The number of aromatic nitrogens is 3. The van der Waals surface area contributed by atoms with Gasteiger partial charge in [0.25, 0.3) is 5.91 Å². The van der Waals surface area contributed by atoms with E-state index >= 15 is 0 Å². The third-order valence-corrected chi connectivity index (χ3v) is 3.22. The molecule has 142 valence electrons. The van der Waals surface area contributed by atoms with Gasteiger partial charge in [0, 0.05) is 6.20 Å². The summed E-state index contributed by atoms with van der Waals surface area (Å²) < 4.78 is 81.2. The summed E-state index contributed by atoms with van der Waals surface area (Å²) in [4.78, 5) is 15.8. The maximum absolute atomic E-state index is 12.9. The largest absolute Gasteiger partial charge is 0.464 e. The van der Waals surface area contributed by atoms with Gasteiger partial charge in [-0.25, -0.2) is 4.98 Å². The number of alkyl halides is 6. The highest BCUT2D eigenvalue weighted by Crippen LogP contribution is 2.35. The van der Waals surface area contributed by atoms with Crippen LogP contribution in [0, 0.1) is 6.92 Å². The number of nitrogens with zero attached hydrogens (tertiary/aromatic N) is 2. The Kier molecular flexibility index (Phi) is 5.14. The number of aromatic amines is 1. The molecule has 0 saturated carbocycles. The molecule has 2 rings (SSSR count). The Morgan fingerprint density at radius 1 is 1.27 bits per heavy atom. The minimum absolute atomic E-state index is 0.0827. The van der Waals surface area contributed by atoms with Gasteiger partial charge < -0.3 is 10.1 Å². The van der Waals surface area contributed by atoms with Crippen LogP contribution in [0.15, 0.2) is 18.3 Å². The van der Waals surface area contributed by atoms with E-state index in [1.807, 2.05) is 5.32 Å². The molecule has 0 saturated heterocycles. The van der Waals surface area contributed by atoms with E-state index in [2.05, 4.69) is 19.9 Å². The number of pyridine rings is 1. The Balaban J connectivity index is 2.31. The monoisotopic (exact) mass is 382 g/mol. The average molecular weight is 382 g/mol. The molecule has 1 unspecified atom stereocenters. The molecule has 0 aliphatic carbocycles. The van der Waals surface area contributed by atoms with Crippen LogP contribution in [0.1, 0.15) is 28.7 Å². The molecule has 6 nitrogen and oxygen atoms in total. The number of halogens is 6. The number of anilines is 1. The van der Waals surface area contributed by atoms with E-state index in [1.54, 1.807) is 0 Å². The van der Waals surface area contributed by atoms with Crippen molar-refractivity contribution >= 4 is 11.6 Å². The van der Waals surface area contributed by atoms with Gasteiger partial charge in [-0.15, -0.1) is 0 Å². The van der Waals surface area contributed by atoms with Gasteiger partial charge in [0.15, 0.2) is 11.8 Å². The van der Waals surface area contributed by atoms with Crippen LogP contribution in [-0.2, 0) is 6.18 Å². The van der Waals surface area contributed by atoms with Crippen LogP contribution in [0.25, 0.3) is 0 Å². The molecule has 2 aromatic heterocycles. The van der Waals surface area contributed by atoms with E-state index in [0.29, 0.717) is 6.92 Å². The summed E-state index contributed by atoms with van der Waals surface area (Å²) in [6, 6.07) is 2.30. The van der Waals surface area contributed by atoms with Gasteiger partial charge in [-0.3, -0.25) is 9.89 Å². The van der Waals surface area contributed by atoms with E-state index in [1.165, 1.54) is 13.0 Å². The van der Waals surface area contributed by atoms with Crippen molar-refractivity contribution in [3.8, 4) is 5.88 Å². The number of carbonyl (C=O) groups excluding carboxylic acids is 1. The van der Waals surface area contributed by atoms with Crippen molar-refractivity contribution in [3.63, 3.8) is 0 Å². The zero-order valence-corrected chi connectivity index (χ0v) is 13.3. The number of carbonyl (C=O) groups is 1. The minimum Gasteiger partial charge on any atom is -0.464 e. The van der Waals surface area contributed by atoms with Crippen molar-refractivity contribution in [2.45, 2.75) is 32.3 Å². The van der Waals surface area contributed by atoms with Crippen molar-refractivity contribution in [2.24, 2.45) is 0 Å². The molecule has 12 heteroatoms. The van der Waals surface area contributed by atoms with Crippen LogP contribution < -0.4 is 10.1 Å². The van der Waals surface area contributed by atoms with E-state index in [-0.39, 0.29) is 5.69 Å². The zero-order chi connectivity index (χ0) is 19.7. The van der Waals surface area contributed by atoms with Crippen molar-refractivity contribution in [3.05, 3.63) is 35.3 Å². The summed E-state index contributed by atoms with van der Waals surface area (Å²) in [5.74, 6) is -1.79. The van der Waals surface area contributed by atoms with Crippen LogP contribution >= 0.6 is 0 Å². The number of nitrogens with one attached hydrogen (secondary N) is 2. The quantitative estimate of drug-likeness (QED) is 0.790. The van der Waals surface area contributed by atoms with Gasteiger partial charge in [0.05, 0.1) is 11.4 Å². The third-order valence-electron chi connectivity index (χ3n) is 3.22. The van der Waals surface area contributed by atoms with Crippen LogP contribution in [-0.4, -0.2) is 33.4 Å². The highest BCUT2D eigenvalue weighted by atomic mass is 19.4. The van der Waals surface area contributed by atoms with E-state index in [9.17, 15) is 31.1 Å². The number of amides is 1. The van der Waals surface area contributed by atoms with E-state index in [0.717, 1.165) is 12.3 Å². The second-order valence-corrected chi connectivity index (χ2v) is 5.18. The fourth-order valence-electron chi connectivity index (χ4n) is 1.86. The first kappa shape index (κ1) is 19.5. The molecular weight excluding hydrogens is 370 g/mol. The molecule has 0 aliphatic heterocycles. The highest BCUT2D eigenvalue weighted by molar-refractivity contribution is 6.06. The normalized spacial score (nSPS) is 13.4. The lowest BCUT2D eigenvalue weighted by molar-refractivity contribution is -0.190.